The van der Waals surface area contributed by atoms with Gasteiger partial charge in [-0.05, 0) is 42.8 Å². The van der Waals surface area contributed by atoms with Gasteiger partial charge in [0.1, 0.15) is 17.2 Å². The summed E-state index contributed by atoms with van der Waals surface area (Å²) in [5.41, 5.74) is 0. The van der Waals surface area contributed by atoms with Crippen LogP contribution in [0.2, 0.25) is 5.02 Å². The molecule has 0 aliphatic heterocycles. The molecule has 2 aromatic rings. The summed E-state index contributed by atoms with van der Waals surface area (Å²) in [5, 5.41) is 0.422. The highest BCUT2D eigenvalue weighted by Gasteiger charge is 2.07. The number of esters is 1. The summed E-state index contributed by atoms with van der Waals surface area (Å²) in [6, 6.07) is 14.2. The van der Waals surface area contributed by atoms with E-state index >= 15 is 0 Å². The van der Waals surface area contributed by atoms with Crippen molar-refractivity contribution < 1.29 is 19.0 Å². The lowest BCUT2D eigenvalue weighted by atomic mass is 10.3. The van der Waals surface area contributed by atoms with Crippen molar-refractivity contribution in [1.82, 2.24) is 0 Å². The third-order valence-corrected chi connectivity index (χ3v) is 3.23. The van der Waals surface area contributed by atoms with Gasteiger partial charge in [-0.25, -0.2) is 0 Å². The Morgan fingerprint density at radius 3 is 2.41 bits per heavy atom. The van der Waals surface area contributed by atoms with E-state index in [-0.39, 0.29) is 12.4 Å². The molecule has 0 radical (unpaired) electrons. The van der Waals surface area contributed by atoms with Gasteiger partial charge in [0, 0.05) is 6.42 Å². The summed E-state index contributed by atoms with van der Waals surface area (Å²) < 4.78 is 15.8. The van der Waals surface area contributed by atoms with E-state index < -0.39 is 0 Å². The number of hydrogen-bond acceptors (Lipinski definition) is 4. The lowest BCUT2D eigenvalue weighted by molar-refractivity contribution is -0.134. The first-order valence-electron chi connectivity index (χ1n) is 6.91. The smallest absolute Gasteiger partial charge is 0.311 e. The summed E-state index contributed by atoms with van der Waals surface area (Å²) in [6.07, 6.45) is 0.830. The molecule has 0 aliphatic rings. The summed E-state index contributed by atoms with van der Waals surface area (Å²) in [6.45, 7) is 0.434. The minimum atomic E-state index is -0.327. The van der Waals surface area contributed by atoms with Gasteiger partial charge in [-0.3, -0.25) is 4.79 Å². The molecule has 116 valence electrons. The Morgan fingerprint density at radius 2 is 1.73 bits per heavy atom. The van der Waals surface area contributed by atoms with E-state index in [1.807, 2.05) is 24.3 Å². The van der Waals surface area contributed by atoms with E-state index in [0.29, 0.717) is 23.8 Å². The predicted octanol–water partition coefficient (Wildman–Crippen LogP) is 4.11. The van der Waals surface area contributed by atoms with E-state index in [9.17, 15) is 4.79 Å². The van der Waals surface area contributed by atoms with Crippen molar-refractivity contribution in [3.8, 4) is 17.2 Å². The molecule has 0 aromatic heterocycles. The maximum Gasteiger partial charge on any atom is 0.311 e. The molecule has 2 aromatic carbocycles. The maximum absolute atomic E-state index is 11.7. The standard InChI is InChI=1S/C17H17ClO4/c1-20-13-8-10-14(11-9-13)21-12-4-7-17(19)22-16-6-3-2-5-15(16)18/h2-3,5-6,8-11H,4,7,12H2,1H3. The van der Waals surface area contributed by atoms with Gasteiger partial charge in [0.25, 0.3) is 0 Å². The van der Waals surface area contributed by atoms with E-state index in [2.05, 4.69) is 0 Å². The van der Waals surface area contributed by atoms with Gasteiger partial charge in [-0.15, -0.1) is 0 Å². The second kappa shape index (κ2) is 8.29. The highest BCUT2D eigenvalue weighted by Crippen LogP contribution is 2.23. The lowest BCUT2D eigenvalue weighted by Gasteiger charge is -2.08. The van der Waals surface area contributed by atoms with Gasteiger partial charge in [0.15, 0.2) is 0 Å². The number of methoxy groups -OCH3 is 1. The molecule has 5 heteroatoms. The van der Waals surface area contributed by atoms with E-state index in [4.69, 9.17) is 25.8 Å². The van der Waals surface area contributed by atoms with Crippen molar-refractivity contribution in [2.75, 3.05) is 13.7 Å². The van der Waals surface area contributed by atoms with Crippen LogP contribution >= 0.6 is 11.6 Å². The Kier molecular flexibility index (Phi) is 6.10. The molecule has 0 atom stereocenters. The number of carbonyl (C=O) groups is 1. The van der Waals surface area contributed by atoms with Crippen LogP contribution in [-0.2, 0) is 4.79 Å². The maximum atomic E-state index is 11.7. The number of hydrogen-bond donors (Lipinski definition) is 0. The molecule has 0 spiro atoms. The largest absolute Gasteiger partial charge is 0.497 e. The van der Waals surface area contributed by atoms with Crippen LogP contribution in [0, 0.1) is 0 Å². The fourth-order valence-electron chi connectivity index (χ4n) is 1.78. The Morgan fingerprint density at radius 1 is 1.05 bits per heavy atom. The average molecular weight is 321 g/mol. The highest BCUT2D eigenvalue weighted by atomic mass is 35.5. The average Bonchev–Trinajstić information content (AvgIpc) is 2.54. The summed E-state index contributed by atoms with van der Waals surface area (Å²) in [4.78, 5) is 11.7. The third-order valence-electron chi connectivity index (χ3n) is 2.91. The SMILES string of the molecule is COc1ccc(OCCCC(=O)Oc2ccccc2Cl)cc1. The molecular formula is C17H17ClO4. The Bertz CT molecular complexity index is 610. The molecule has 0 bridgehead atoms. The van der Waals surface area contributed by atoms with Gasteiger partial charge in [0.2, 0.25) is 0 Å². The third kappa shape index (κ3) is 4.97. The van der Waals surface area contributed by atoms with E-state index in [1.54, 1.807) is 31.4 Å². The summed E-state index contributed by atoms with van der Waals surface area (Å²) in [5.74, 6) is 1.56. The second-order valence-electron chi connectivity index (χ2n) is 4.53. The lowest BCUT2D eigenvalue weighted by Crippen LogP contribution is -2.10. The van der Waals surface area contributed by atoms with E-state index in [1.165, 1.54) is 0 Å². The molecular weight excluding hydrogens is 304 g/mol. The van der Waals surface area contributed by atoms with Crippen LogP contribution in [0.3, 0.4) is 0 Å². The number of carbonyl (C=O) groups excluding carboxylic acids is 1. The first-order valence-corrected chi connectivity index (χ1v) is 7.29. The predicted molar refractivity (Wildman–Crippen MR) is 84.8 cm³/mol. The molecule has 0 saturated carbocycles. The minimum absolute atomic E-state index is 0.265. The fourth-order valence-corrected chi connectivity index (χ4v) is 1.95. The van der Waals surface area contributed by atoms with Crippen molar-refractivity contribution in [3.05, 3.63) is 53.6 Å². The topological polar surface area (TPSA) is 44.8 Å². The molecule has 0 N–H and O–H groups in total. The zero-order valence-electron chi connectivity index (χ0n) is 12.3. The van der Waals surface area contributed by atoms with Crippen LogP contribution in [0.15, 0.2) is 48.5 Å². The van der Waals surface area contributed by atoms with Crippen molar-refractivity contribution in [1.29, 1.82) is 0 Å². The number of benzene rings is 2. The second-order valence-corrected chi connectivity index (χ2v) is 4.94. The zero-order valence-corrected chi connectivity index (χ0v) is 13.0. The molecule has 0 saturated heterocycles. The molecule has 4 nitrogen and oxygen atoms in total. The van der Waals surface area contributed by atoms with Crippen LogP contribution < -0.4 is 14.2 Å². The minimum Gasteiger partial charge on any atom is -0.497 e. The quantitative estimate of drug-likeness (QED) is 0.437. The van der Waals surface area contributed by atoms with Crippen molar-refractivity contribution in [2.45, 2.75) is 12.8 Å². The van der Waals surface area contributed by atoms with Crippen molar-refractivity contribution in [2.24, 2.45) is 0 Å². The monoisotopic (exact) mass is 320 g/mol. The van der Waals surface area contributed by atoms with Crippen LogP contribution in [0.5, 0.6) is 17.2 Å². The fraction of sp³-hybridized carbons (Fsp3) is 0.235. The zero-order chi connectivity index (χ0) is 15.8. The highest BCUT2D eigenvalue weighted by molar-refractivity contribution is 6.32. The van der Waals surface area contributed by atoms with Gasteiger partial charge >= 0.3 is 5.97 Å². The van der Waals surface area contributed by atoms with Crippen LogP contribution in [0.1, 0.15) is 12.8 Å². The Hall–Kier alpha value is -2.20. The number of para-hydroxylation sites is 1. The number of ether oxygens (including phenoxy) is 3. The molecule has 2 rings (SSSR count). The van der Waals surface area contributed by atoms with Gasteiger partial charge in [-0.1, -0.05) is 23.7 Å². The Labute approximate surface area is 134 Å². The molecule has 0 fully saturated rings. The van der Waals surface area contributed by atoms with Crippen LogP contribution in [-0.4, -0.2) is 19.7 Å². The van der Waals surface area contributed by atoms with Gasteiger partial charge in [-0.2, -0.15) is 0 Å². The molecule has 0 unspecified atom stereocenters. The van der Waals surface area contributed by atoms with Crippen LogP contribution in [0.25, 0.3) is 0 Å². The normalized spacial score (nSPS) is 10.1. The first-order chi connectivity index (χ1) is 10.7. The van der Waals surface area contributed by atoms with Crippen molar-refractivity contribution >= 4 is 17.6 Å². The van der Waals surface area contributed by atoms with Gasteiger partial charge < -0.3 is 14.2 Å². The Balaban J connectivity index is 1.69. The molecule has 22 heavy (non-hydrogen) atoms. The van der Waals surface area contributed by atoms with Gasteiger partial charge in [0.05, 0.1) is 18.7 Å². The molecule has 0 aliphatic carbocycles. The number of rotatable bonds is 7. The molecule has 0 amide bonds. The summed E-state index contributed by atoms with van der Waals surface area (Å²) in [7, 11) is 1.61. The summed E-state index contributed by atoms with van der Waals surface area (Å²) >= 11 is 5.92. The van der Waals surface area contributed by atoms with Crippen LogP contribution in [0.4, 0.5) is 0 Å². The first kappa shape index (κ1) is 16.2. The van der Waals surface area contributed by atoms with E-state index in [0.717, 1.165) is 11.5 Å². The number of halogens is 1. The van der Waals surface area contributed by atoms with Crippen molar-refractivity contribution in [3.63, 3.8) is 0 Å². The molecule has 0 heterocycles.